The minimum atomic E-state index is -0.00906. The number of benzene rings is 1. The molecular formula is C15H18N4O3. The van der Waals surface area contributed by atoms with Gasteiger partial charge in [0.15, 0.2) is 6.61 Å². The Morgan fingerprint density at radius 2 is 1.91 bits per heavy atom. The van der Waals surface area contributed by atoms with Gasteiger partial charge in [-0.05, 0) is 12.1 Å². The number of aryl methyl sites for hydroxylation is 1. The van der Waals surface area contributed by atoms with Crippen LogP contribution in [-0.4, -0.2) is 53.8 Å². The largest absolute Gasteiger partial charge is 0.484 e. The lowest BCUT2D eigenvalue weighted by molar-refractivity contribution is -0.133. The molecular weight excluding hydrogens is 284 g/mol. The maximum atomic E-state index is 12.1. The molecule has 7 nitrogen and oxygen atoms in total. The van der Waals surface area contributed by atoms with Crippen molar-refractivity contribution in [2.45, 2.75) is 6.92 Å². The molecule has 1 aliphatic heterocycles. The Morgan fingerprint density at radius 1 is 1.18 bits per heavy atom. The number of ether oxygens (including phenoxy) is 1. The quantitative estimate of drug-likeness (QED) is 0.842. The van der Waals surface area contributed by atoms with Gasteiger partial charge in [0.1, 0.15) is 5.75 Å². The normalized spacial score (nSPS) is 15.0. The molecule has 22 heavy (non-hydrogen) atoms. The molecule has 2 aromatic rings. The van der Waals surface area contributed by atoms with Gasteiger partial charge >= 0.3 is 6.01 Å². The highest BCUT2D eigenvalue weighted by molar-refractivity contribution is 5.78. The fraction of sp³-hybridized carbons (Fsp3) is 0.400. The average Bonchev–Trinajstić information content (AvgIpc) is 3.00. The number of hydrogen-bond acceptors (Lipinski definition) is 6. The Kier molecular flexibility index (Phi) is 4.22. The van der Waals surface area contributed by atoms with Crippen molar-refractivity contribution in [1.29, 1.82) is 0 Å². The summed E-state index contributed by atoms with van der Waals surface area (Å²) in [6.07, 6.45) is 0. The highest BCUT2D eigenvalue weighted by Gasteiger charge is 2.24. The van der Waals surface area contributed by atoms with Crippen LogP contribution in [0, 0.1) is 6.92 Å². The van der Waals surface area contributed by atoms with Crippen molar-refractivity contribution in [2.75, 3.05) is 37.7 Å². The SMILES string of the molecule is Cc1nnc(N2CCN(C(=O)COc3ccccc3)CC2)o1. The second kappa shape index (κ2) is 6.46. The molecule has 116 valence electrons. The van der Waals surface area contributed by atoms with E-state index in [4.69, 9.17) is 9.15 Å². The van der Waals surface area contributed by atoms with Crippen molar-refractivity contribution in [2.24, 2.45) is 0 Å². The highest BCUT2D eigenvalue weighted by atomic mass is 16.5. The predicted octanol–water partition coefficient (Wildman–Crippen LogP) is 1.11. The van der Waals surface area contributed by atoms with E-state index >= 15 is 0 Å². The summed E-state index contributed by atoms with van der Waals surface area (Å²) in [6.45, 7) is 4.43. The molecule has 0 N–H and O–H groups in total. The number of carbonyl (C=O) groups excluding carboxylic acids is 1. The number of para-hydroxylation sites is 1. The highest BCUT2D eigenvalue weighted by Crippen LogP contribution is 2.14. The second-order valence-electron chi connectivity index (χ2n) is 5.07. The standard InChI is InChI=1S/C15H18N4O3/c1-12-16-17-15(22-12)19-9-7-18(8-10-19)14(20)11-21-13-5-3-2-4-6-13/h2-6H,7-11H2,1H3. The molecule has 0 saturated carbocycles. The van der Waals surface area contributed by atoms with Crippen LogP contribution in [-0.2, 0) is 4.79 Å². The third-order valence-corrected chi connectivity index (χ3v) is 3.52. The first kappa shape index (κ1) is 14.4. The minimum Gasteiger partial charge on any atom is -0.484 e. The molecule has 1 saturated heterocycles. The first-order valence-electron chi connectivity index (χ1n) is 7.23. The number of nitrogens with zero attached hydrogens (tertiary/aromatic N) is 4. The van der Waals surface area contributed by atoms with Gasteiger partial charge in [-0.2, -0.15) is 0 Å². The van der Waals surface area contributed by atoms with Crippen LogP contribution in [0.4, 0.5) is 6.01 Å². The van der Waals surface area contributed by atoms with Crippen LogP contribution in [0.2, 0.25) is 0 Å². The molecule has 0 atom stereocenters. The number of anilines is 1. The monoisotopic (exact) mass is 302 g/mol. The molecule has 7 heteroatoms. The van der Waals surface area contributed by atoms with E-state index in [0.717, 1.165) is 0 Å². The molecule has 3 rings (SSSR count). The summed E-state index contributed by atoms with van der Waals surface area (Å²) in [5, 5.41) is 7.82. The Labute approximate surface area is 128 Å². The van der Waals surface area contributed by atoms with E-state index in [1.807, 2.05) is 35.2 Å². The third-order valence-electron chi connectivity index (χ3n) is 3.52. The second-order valence-corrected chi connectivity index (χ2v) is 5.07. The molecule has 1 amide bonds. The van der Waals surface area contributed by atoms with Crippen molar-refractivity contribution in [3.05, 3.63) is 36.2 Å². The van der Waals surface area contributed by atoms with Crippen molar-refractivity contribution in [3.63, 3.8) is 0 Å². The molecule has 1 fully saturated rings. The van der Waals surface area contributed by atoms with Crippen LogP contribution in [0.15, 0.2) is 34.7 Å². The number of aromatic nitrogens is 2. The fourth-order valence-corrected chi connectivity index (χ4v) is 2.31. The van der Waals surface area contributed by atoms with E-state index in [-0.39, 0.29) is 12.5 Å². The van der Waals surface area contributed by atoms with E-state index in [1.54, 1.807) is 11.8 Å². The van der Waals surface area contributed by atoms with Gasteiger partial charge in [-0.25, -0.2) is 0 Å². The number of piperazine rings is 1. The molecule has 0 radical (unpaired) electrons. The van der Waals surface area contributed by atoms with E-state index in [9.17, 15) is 4.79 Å². The lowest BCUT2D eigenvalue weighted by Gasteiger charge is -2.33. The van der Waals surface area contributed by atoms with Crippen LogP contribution in [0.1, 0.15) is 5.89 Å². The number of carbonyl (C=O) groups is 1. The number of hydrogen-bond donors (Lipinski definition) is 0. The summed E-state index contributed by atoms with van der Waals surface area (Å²) < 4.78 is 10.9. The lowest BCUT2D eigenvalue weighted by atomic mass is 10.3. The van der Waals surface area contributed by atoms with E-state index < -0.39 is 0 Å². The van der Waals surface area contributed by atoms with Crippen molar-refractivity contribution in [3.8, 4) is 5.75 Å². The lowest BCUT2D eigenvalue weighted by Crippen LogP contribution is -2.50. The zero-order chi connectivity index (χ0) is 15.4. The molecule has 1 aromatic carbocycles. The zero-order valence-corrected chi connectivity index (χ0v) is 12.4. The third kappa shape index (κ3) is 3.36. The van der Waals surface area contributed by atoms with Crippen LogP contribution >= 0.6 is 0 Å². The molecule has 0 aliphatic carbocycles. The first-order chi connectivity index (χ1) is 10.7. The van der Waals surface area contributed by atoms with Gasteiger partial charge in [0.25, 0.3) is 5.91 Å². The first-order valence-corrected chi connectivity index (χ1v) is 7.23. The smallest absolute Gasteiger partial charge is 0.318 e. The Morgan fingerprint density at radius 3 is 2.55 bits per heavy atom. The fourth-order valence-electron chi connectivity index (χ4n) is 2.31. The molecule has 0 unspecified atom stereocenters. The topological polar surface area (TPSA) is 71.7 Å². The Bertz CT molecular complexity index is 621. The summed E-state index contributed by atoms with van der Waals surface area (Å²) in [7, 11) is 0. The van der Waals surface area contributed by atoms with Crippen LogP contribution < -0.4 is 9.64 Å². The molecule has 1 aliphatic rings. The van der Waals surface area contributed by atoms with E-state index in [2.05, 4.69) is 10.2 Å². The molecule has 1 aromatic heterocycles. The van der Waals surface area contributed by atoms with Crippen molar-refractivity contribution in [1.82, 2.24) is 15.1 Å². The summed E-state index contributed by atoms with van der Waals surface area (Å²) in [4.78, 5) is 15.9. The van der Waals surface area contributed by atoms with Gasteiger partial charge in [0, 0.05) is 33.1 Å². The number of amides is 1. The minimum absolute atomic E-state index is 0.00906. The van der Waals surface area contributed by atoms with Gasteiger partial charge in [0.05, 0.1) is 0 Å². The van der Waals surface area contributed by atoms with E-state index in [1.165, 1.54) is 0 Å². The van der Waals surface area contributed by atoms with Crippen LogP contribution in [0.25, 0.3) is 0 Å². The van der Waals surface area contributed by atoms with Crippen LogP contribution in [0.5, 0.6) is 5.75 Å². The van der Waals surface area contributed by atoms with Gasteiger partial charge in [0.2, 0.25) is 5.89 Å². The maximum Gasteiger partial charge on any atom is 0.318 e. The van der Waals surface area contributed by atoms with Crippen molar-refractivity contribution >= 4 is 11.9 Å². The predicted molar refractivity (Wildman–Crippen MR) is 79.8 cm³/mol. The van der Waals surface area contributed by atoms with Crippen LogP contribution in [0.3, 0.4) is 0 Å². The van der Waals surface area contributed by atoms with Gasteiger partial charge in [-0.1, -0.05) is 23.3 Å². The molecule has 0 spiro atoms. The summed E-state index contributed by atoms with van der Waals surface area (Å²) in [5.74, 6) is 1.24. The zero-order valence-electron chi connectivity index (χ0n) is 12.4. The summed E-state index contributed by atoms with van der Waals surface area (Å²) in [5.41, 5.74) is 0. The van der Waals surface area contributed by atoms with Gasteiger partial charge in [-0.3, -0.25) is 4.79 Å². The van der Waals surface area contributed by atoms with E-state index in [0.29, 0.717) is 43.8 Å². The van der Waals surface area contributed by atoms with Crippen molar-refractivity contribution < 1.29 is 13.9 Å². The maximum absolute atomic E-state index is 12.1. The van der Waals surface area contributed by atoms with Gasteiger partial charge < -0.3 is 19.0 Å². The molecule has 2 heterocycles. The average molecular weight is 302 g/mol. The number of rotatable bonds is 4. The Balaban J connectivity index is 1.47. The summed E-state index contributed by atoms with van der Waals surface area (Å²) in [6, 6.07) is 9.86. The Hall–Kier alpha value is -2.57. The summed E-state index contributed by atoms with van der Waals surface area (Å²) >= 11 is 0. The van der Waals surface area contributed by atoms with Gasteiger partial charge in [-0.15, -0.1) is 5.10 Å². The molecule has 0 bridgehead atoms.